The lowest BCUT2D eigenvalue weighted by Gasteiger charge is -2.39. The third-order valence-corrected chi connectivity index (χ3v) is 8.17. The van der Waals surface area contributed by atoms with Crippen molar-refractivity contribution < 1.29 is 9.47 Å². The Bertz CT molecular complexity index is 889. The van der Waals surface area contributed by atoms with Gasteiger partial charge in [0.1, 0.15) is 11.9 Å². The SMILES string of the molecule is CSc1ccc(C2CN(C)Cc3cc(OC4CCN(C5CCOCC5)CC4)ccc32)cc1. The zero-order valence-corrected chi connectivity index (χ0v) is 20.3. The van der Waals surface area contributed by atoms with Crippen molar-refractivity contribution in [2.75, 3.05) is 46.2 Å². The van der Waals surface area contributed by atoms with Gasteiger partial charge in [0.2, 0.25) is 0 Å². The van der Waals surface area contributed by atoms with Crippen LogP contribution in [0.4, 0.5) is 0 Å². The van der Waals surface area contributed by atoms with Crippen LogP contribution in [-0.4, -0.2) is 68.1 Å². The summed E-state index contributed by atoms with van der Waals surface area (Å²) in [6.07, 6.45) is 7.09. The molecule has 5 heteroatoms. The van der Waals surface area contributed by atoms with Gasteiger partial charge in [0.25, 0.3) is 0 Å². The summed E-state index contributed by atoms with van der Waals surface area (Å²) in [7, 11) is 2.23. The fraction of sp³-hybridized carbons (Fsp3) is 0.556. The summed E-state index contributed by atoms with van der Waals surface area (Å²) in [5, 5.41) is 0. The second-order valence-corrected chi connectivity index (χ2v) is 10.5. The van der Waals surface area contributed by atoms with Crippen molar-refractivity contribution in [3.63, 3.8) is 0 Å². The summed E-state index contributed by atoms with van der Waals surface area (Å²) in [6, 6.07) is 16.6. The van der Waals surface area contributed by atoms with Crippen molar-refractivity contribution >= 4 is 11.8 Å². The number of hydrogen-bond donors (Lipinski definition) is 0. The number of likely N-dealkylation sites (tertiary alicyclic amines) is 1. The smallest absolute Gasteiger partial charge is 0.120 e. The molecule has 5 rings (SSSR count). The number of rotatable bonds is 5. The predicted octanol–water partition coefficient (Wildman–Crippen LogP) is 5.01. The van der Waals surface area contributed by atoms with Gasteiger partial charge in [0.05, 0.1) is 0 Å². The number of benzene rings is 2. The zero-order chi connectivity index (χ0) is 21.9. The second-order valence-electron chi connectivity index (χ2n) is 9.58. The average molecular weight is 453 g/mol. The monoisotopic (exact) mass is 452 g/mol. The Hall–Kier alpha value is -1.53. The normalized spacial score (nSPS) is 23.8. The summed E-state index contributed by atoms with van der Waals surface area (Å²) in [5.74, 6) is 1.47. The van der Waals surface area contributed by atoms with Gasteiger partial charge in [0.15, 0.2) is 0 Å². The van der Waals surface area contributed by atoms with Crippen molar-refractivity contribution in [2.45, 2.75) is 55.2 Å². The van der Waals surface area contributed by atoms with Crippen LogP contribution in [0.2, 0.25) is 0 Å². The van der Waals surface area contributed by atoms with Crippen molar-refractivity contribution in [3.05, 3.63) is 59.2 Å². The quantitative estimate of drug-likeness (QED) is 0.594. The third-order valence-electron chi connectivity index (χ3n) is 7.43. The number of likely N-dealkylation sites (N-methyl/N-ethyl adjacent to an activating group) is 1. The molecule has 3 aliphatic heterocycles. The molecule has 0 aromatic heterocycles. The molecule has 1 unspecified atom stereocenters. The van der Waals surface area contributed by atoms with Crippen LogP contribution < -0.4 is 4.74 Å². The van der Waals surface area contributed by atoms with E-state index in [4.69, 9.17) is 9.47 Å². The van der Waals surface area contributed by atoms with Crippen molar-refractivity contribution in [1.29, 1.82) is 0 Å². The molecular weight excluding hydrogens is 416 g/mol. The lowest BCUT2D eigenvalue weighted by molar-refractivity contribution is 0.0101. The van der Waals surface area contributed by atoms with E-state index in [1.54, 1.807) is 11.8 Å². The Kier molecular flexibility index (Phi) is 7.08. The number of nitrogens with zero attached hydrogens (tertiary/aromatic N) is 2. The van der Waals surface area contributed by atoms with Gasteiger partial charge in [-0.05, 0) is 79.9 Å². The minimum Gasteiger partial charge on any atom is -0.490 e. The number of ether oxygens (including phenoxy) is 2. The Labute approximate surface area is 197 Å². The van der Waals surface area contributed by atoms with E-state index in [0.717, 1.165) is 58.0 Å². The minimum absolute atomic E-state index is 0.334. The van der Waals surface area contributed by atoms with Gasteiger partial charge in [-0.2, -0.15) is 0 Å². The predicted molar refractivity (Wildman–Crippen MR) is 132 cm³/mol. The molecule has 3 aliphatic rings. The zero-order valence-electron chi connectivity index (χ0n) is 19.5. The molecular formula is C27H36N2O2S. The first kappa shape index (κ1) is 22.3. The molecule has 0 N–H and O–H groups in total. The van der Waals surface area contributed by atoms with Gasteiger partial charge in [-0.3, -0.25) is 4.90 Å². The maximum absolute atomic E-state index is 6.49. The topological polar surface area (TPSA) is 24.9 Å². The van der Waals surface area contributed by atoms with Crippen LogP contribution in [0, 0.1) is 0 Å². The van der Waals surface area contributed by atoms with Crippen LogP contribution in [0.15, 0.2) is 47.4 Å². The molecule has 0 saturated carbocycles. The Morgan fingerprint density at radius 3 is 2.44 bits per heavy atom. The van der Waals surface area contributed by atoms with Crippen LogP contribution in [0.1, 0.15) is 48.3 Å². The van der Waals surface area contributed by atoms with Crippen LogP contribution in [-0.2, 0) is 11.3 Å². The van der Waals surface area contributed by atoms with E-state index in [1.165, 1.54) is 34.4 Å². The molecule has 32 heavy (non-hydrogen) atoms. The van der Waals surface area contributed by atoms with E-state index in [-0.39, 0.29) is 0 Å². The van der Waals surface area contributed by atoms with Crippen LogP contribution >= 0.6 is 11.8 Å². The van der Waals surface area contributed by atoms with Crippen molar-refractivity contribution in [3.8, 4) is 5.75 Å². The first-order valence-electron chi connectivity index (χ1n) is 12.1. The lowest BCUT2D eigenvalue weighted by atomic mass is 9.85. The maximum Gasteiger partial charge on any atom is 0.120 e. The first-order valence-corrected chi connectivity index (χ1v) is 13.4. The van der Waals surface area contributed by atoms with Crippen LogP contribution in [0.25, 0.3) is 0 Å². The molecule has 0 radical (unpaired) electrons. The molecule has 2 fully saturated rings. The second kappa shape index (κ2) is 10.2. The highest BCUT2D eigenvalue weighted by atomic mass is 32.2. The van der Waals surface area contributed by atoms with Crippen LogP contribution in [0.5, 0.6) is 5.75 Å². The van der Waals surface area contributed by atoms with E-state index < -0.39 is 0 Å². The van der Waals surface area contributed by atoms with Gasteiger partial charge in [-0.15, -0.1) is 11.8 Å². The van der Waals surface area contributed by atoms with Gasteiger partial charge in [-0.1, -0.05) is 18.2 Å². The average Bonchev–Trinajstić information content (AvgIpc) is 2.84. The third kappa shape index (κ3) is 5.01. The Morgan fingerprint density at radius 2 is 1.72 bits per heavy atom. The van der Waals surface area contributed by atoms with Crippen LogP contribution in [0.3, 0.4) is 0 Å². The molecule has 0 aliphatic carbocycles. The van der Waals surface area contributed by atoms with Gasteiger partial charge >= 0.3 is 0 Å². The molecule has 4 nitrogen and oxygen atoms in total. The summed E-state index contributed by atoms with van der Waals surface area (Å²) in [6.45, 7) is 6.21. The minimum atomic E-state index is 0.334. The number of fused-ring (bicyclic) bond motifs is 1. The highest BCUT2D eigenvalue weighted by Crippen LogP contribution is 2.36. The Morgan fingerprint density at radius 1 is 0.969 bits per heavy atom. The standard InChI is InChI=1S/C27H36N2O2S/c1-28-18-21-17-24(31-23-9-13-29(14-10-23)22-11-15-30-16-12-22)5-8-26(21)27(19-28)20-3-6-25(32-2)7-4-20/h3-8,17,22-23,27H,9-16,18-19H2,1-2H3. The largest absolute Gasteiger partial charge is 0.490 e. The molecule has 2 aromatic carbocycles. The maximum atomic E-state index is 6.49. The van der Waals surface area contributed by atoms with E-state index >= 15 is 0 Å². The highest BCUT2D eigenvalue weighted by Gasteiger charge is 2.28. The number of hydrogen-bond acceptors (Lipinski definition) is 5. The first-order chi connectivity index (χ1) is 15.7. The molecule has 0 bridgehead atoms. The molecule has 0 amide bonds. The highest BCUT2D eigenvalue weighted by molar-refractivity contribution is 7.98. The van der Waals surface area contributed by atoms with Gasteiger partial charge < -0.3 is 14.4 Å². The van der Waals surface area contributed by atoms with Gasteiger partial charge in [-0.25, -0.2) is 0 Å². The Balaban J connectivity index is 1.24. The molecule has 2 saturated heterocycles. The summed E-state index contributed by atoms with van der Waals surface area (Å²) in [4.78, 5) is 6.42. The molecule has 0 spiro atoms. The lowest BCUT2D eigenvalue weighted by Crippen LogP contribution is -2.46. The van der Waals surface area contributed by atoms with E-state index in [2.05, 4.69) is 65.6 Å². The van der Waals surface area contributed by atoms with Gasteiger partial charge in [0, 0.05) is 56.2 Å². The van der Waals surface area contributed by atoms with E-state index in [1.807, 2.05) is 0 Å². The van der Waals surface area contributed by atoms with E-state index in [0.29, 0.717) is 18.1 Å². The fourth-order valence-corrected chi connectivity index (χ4v) is 6.03. The molecule has 172 valence electrons. The number of thioether (sulfide) groups is 1. The molecule has 1 atom stereocenters. The van der Waals surface area contributed by atoms with Crippen molar-refractivity contribution in [1.82, 2.24) is 9.80 Å². The van der Waals surface area contributed by atoms with Crippen molar-refractivity contribution in [2.24, 2.45) is 0 Å². The fourth-order valence-electron chi connectivity index (χ4n) is 5.62. The summed E-state index contributed by atoms with van der Waals surface area (Å²) in [5.41, 5.74) is 4.28. The summed E-state index contributed by atoms with van der Waals surface area (Å²) < 4.78 is 12.0. The summed E-state index contributed by atoms with van der Waals surface area (Å²) >= 11 is 1.80. The molecule has 2 aromatic rings. The number of piperidine rings is 1. The van der Waals surface area contributed by atoms with E-state index in [9.17, 15) is 0 Å². The molecule has 3 heterocycles.